The van der Waals surface area contributed by atoms with Gasteiger partial charge in [0.2, 0.25) is 5.88 Å². The highest BCUT2D eigenvalue weighted by Crippen LogP contribution is 2.31. The van der Waals surface area contributed by atoms with Gasteiger partial charge >= 0.3 is 10.8 Å². The molecular weight excluding hydrogens is 318 g/mol. The Morgan fingerprint density at radius 3 is 2.70 bits per heavy atom. The summed E-state index contributed by atoms with van der Waals surface area (Å²) in [5.74, 6) is -1.93. The molecule has 1 aromatic heterocycles. The third-order valence-corrected chi connectivity index (χ3v) is 4.31. The number of carboxylic acids is 1. The highest BCUT2D eigenvalue weighted by Gasteiger charge is 2.20. The highest BCUT2D eigenvalue weighted by atomic mass is 32.1. The van der Waals surface area contributed by atoms with E-state index in [9.17, 15) is 19.5 Å². The Morgan fingerprint density at radius 1 is 1.22 bits per heavy atom. The molecule has 0 amide bonds. The van der Waals surface area contributed by atoms with E-state index >= 15 is 0 Å². The minimum atomic E-state index is -1.23. The van der Waals surface area contributed by atoms with Crippen LogP contribution in [0.5, 0.6) is 5.88 Å². The van der Waals surface area contributed by atoms with Crippen molar-refractivity contribution in [2.24, 2.45) is 0 Å². The van der Waals surface area contributed by atoms with Gasteiger partial charge in [-0.1, -0.05) is 41.7 Å². The molecule has 0 atom stereocenters. The predicted octanol–water partition coefficient (Wildman–Crippen LogP) is 1.84. The largest absolute Gasteiger partial charge is 0.493 e. The summed E-state index contributed by atoms with van der Waals surface area (Å²) in [5.41, 5.74) is 1.90. The molecule has 0 saturated heterocycles. The number of aromatic nitrogens is 1. The van der Waals surface area contributed by atoms with Crippen molar-refractivity contribution in [3.05, 3.63) is 56.0 Å². The first-order valence-corrected chi connectivity index (χ1v) is 7.47. The third kappa shape index (κ3) is 2.74. The lowest BCUT2D eigenvalue weighted by Crippen LogP contribution is -2.18. The van der Waals surface area contributed by atoms with Crippen molar-refractivity contribution in [3.8, 4) is 5.88 Å². The monoisotopic (exact) mass is 329 g/mol. The van der Waals surface area contributed by atoms with Crippen LogP contribution in [-0.2, 0) is 16.1 Å². The van der Waals surface area contributed by atoms with Crippen LogP contribution in [0, 0.1) is 0 Å². The molecule has 0 spiro atoms. The zero-order chi connectivity index (χ0) is 16.6. The van der Waals surface area contributed by atoms with Crippen LogP contribution >= 0.6 is 11.3 Å². The molecule has 0 aliphatic heterocycles. The van der Waals surface area contributed by atoms with Gasteiger partial charge in [0.1, 0.15) is 6.54 Å². The summed E-state index contributed by atoms with van der Waals surface area (Å²) in [6.45, 7) is -0.630. The van der Waals surface area contributed by atoms with Gasteiger partial charge in [0.05, 0.1) is 4.88 Å². The Balaban J connectivity index is 2.12. The number of allylic oxidation sites excluding steroid dienone is 2. The molecular formula is C16H11NO5S. The van der Waals surface area contributed by atoms with Crippen molar-refractivity contribution in [1.29, 1.82) is 0 Å². The van der Waals surface area contributed by atoms with Crippen LogP contribution in [0.3, 0.4) is 0 Å². The normalized spacial score (nSPS) is 15.0. The van der Waals surface area contributed by atoms with Gasteiger partial charge in [-0.3, -0.25) is 19.0 Å². The lowest BCUT2D eigenvalue weighted by atomic mass is 9.91. The molecule has 23 heavy (non-hydrogen) atoms. The van der Waals surface area contributed by atoms with E-state index in [2.05, 4.69) is 0 Å². The number of aromatic hydroxyl groups is 1. The molecule has 1 aliphatic carbocycles. The van der Waals surface area contributed by atoms with Gasteiger partial charge in [-0.25, -0.2) is 0 Å². The van der Waals surface area contributed by atoms with Crippen molar-refractivity contribution < 1.29 is 19.8 Å². The Labute approximate surface area is 134 Å². The number of ketones is 1. The van der Waals surface area contributed by atoms with Crippen molar-refractivity contribution in [1.82, 2.24) is 4.57 Å². The topological polar surface area (TPSA) is 96.6 Å². The number of benzene rings is 1. The van der Waals surface area contributed by atoms with Gasteiger partial charge < -0.3 is 10.2 Å². The first-order valence-electron chi connectivity index (χ1n) is 6.65. The fourth-order valence-corrected chi connectivity index (χ4v) is 3.17. The van der Waals surface area contributed by atoms with Crippen LogP contribution < -0.4 is 4.87 Å². The molecule has 0 saturated carbocycles. The van der Waals surface area contributed by atoms with Gasteiger partial charge in [-0.2, -0.15) is 0 Å². The standard InChI is InChI=1S/C16H11NO5S/c18-12-6-5-9-3-1-2-4-10(9)11(12)7-13-15(21)17(8-14(19)20)16(22)23-13/h1-7,21H,8H2,(H,19,20). The van der Waals surface area contributed by atoms with Crippen LogP contribution in [0.1, 0.15) is 16.0 Å². The zero-order valence-electron chi connectivity index (χ0n) is 11.7. The maximum absolute atomic E-state index is 12.1. The van der Waals surface area contributed by atoms with Gasteiger partial charge in [0.15, 0.2) is 5.78 Å². The van der Waals surface area contributed by atoms with Crippen molar-refractivity contribution in [2.45, 2.75) is 6.54 Å². The molecule has 6 nitrogen and oxygen atoms in total. The fraction of sp³-hybridized carbons (Fsp3) is 0.0625. The Morgan fingerprint density at radius 2 is 1.96 bits per heavy atom. The number of hydrogen-bond donors (Lipinski definition) is 2. The second-order valence-electron chi connectivity index (χ2n) is 4.88. The van der Waals surface area contributed by atoms with Gasteiger partial charge in [0.25, 0.3) is 0 Å². The predicted molar refractivity (Wildman–Crippen MR) is 86.2 cm³/mol. The number of carbonyl (C=O) groups is 2. The molecule has 1 aliphatic rings. The molecule has 2 N–H and O–H groups in total. The maximum Gasteiger partial charge on any atom is 0.323 e. The van der Waals surface area contributed by atoms with E-state index in [1.165, 1.54) is 12.2 Å². The number of thiazole rings is 1. The number of nitrogens with zero attached hydrogens (tertiary/aromatic N) is 1. The first-order chi connectivity index (χ1) is 11.0. The summed E-state index contributed by atoms with van der Waals surface area (Å²) in [4.78, 5) is 34.2. The van der Waals surface area contributed by atoms with Crippen molar-refractivity contribution >= 4 is 40.8 Å². The molecule has 3 rings (SSSR count). The smallest absolute Gasteiger partial charge is 0.323 e. The van der Waals surface area contributed by atoms with Crippen LogP contribution in [0.2, 0.25) is 0 Å². The zero-order valence-corrected chi connectivity index (χ0v) is 12.5. The highest BCUT2D eigenvalue weighted by molar-refractivity contribution is 7.10. The second kappa shape index (κ2) is 5.69. The van der Waals surface area contributed by atoms with Crippen LogP contribution in [0.4, 0.5) is 0 Å². The van der Waals surface area contributed by atoms with E-state index < -0.39 is 23.3 Å². The molecule has 116 valence electrons. The minimum Gasteiger partial charge on any atom is -0.493 e. The van der Waals surface area contributed by atoms with Crippen LogP contribution in [0.25, 0.3) is 17.7 Å². The van der Waals surface area contributed by atoms with Crippen LogP contribution in [-0.4, -0.2) is 26.5 Å². The summed E-state index contributed by atoms with van der Waals surface area (Å²) in [5, 5.41) is 18.8. The van der Waals surface area contributed by atoms with Gasteiger partial charge in [-0.05, 0) is 23.3 Å². The van der Waals surface area contributed by atoms with E-state index in [4.69, 9.17) is 5.11 Å². The number of carbonyl (C=O) groups excluding carboxylic acids is 1. The van der Waals surface area contributed by atoms with Crippen molar-refractivity contribution in [2.75, 3.05) is 0 Å². The summed E-state index contributed by atoms with van der Waals surface area (Å²) in [7, 11) is 0. The molecule has 2 aromatic rings. The summed E-state index contributed by atoms with van der Waals surface area (Å²) in [6, 6.07) is 7.26. The van der Waals surface area contributed by atoms with E-state index in [1.807, 2.05) is 12.1 Å². The Hall–Kier alpha value is -2.93. The lowest BCUT2D eigenvalue weighted by Gasteiger charge is -2.12. The number of fused-ring (bicyclic) bond motifs is 1. The van der Waals surface area contributed by atoms with E-state index in [0.717, 1.165) is 10.1 Å². The number of rotatable bonds is 3. The van der Waals surface area contributed by atoms with E-state index in [-0.39, 0.29) is 10.7 Å². The van der Waals surface area contributed by atoms with Gasteiger partial charge in [-0.15, -0.1) is 0 Å². The summed E-state index contributed by atoms with van der Waals surface area (Å²) < 4.78 is 0.758. The Kier molecular flexibility index (Phi) is 3.71. The van der Waals surface area contributed by atoms with E-state index in [1.54, 1.807) is 18.2 Å². The summed E-state index contributed by atoms with van der Waals surface area (Å²) >= 11 is 0.695. The quantitative estimate of drug-likeness (QED) is 0.838. The minimum absolute atomic E-state index is 0.157. The average molecular weight is 329 g/mol. The molecule has 0 fully saturated rings. The third-order valence-electron chi connectivity index (χ3n) is 3.39. The Bertz CT molecular complexity index is 932. The molecule has 1 heterocycles. The SMILES string of the molecule is O=C(O)Cn1c(O)c(C=C2C(=O)C=Cc3ccccc32)sc1=O. The van der Waals surface area contributed by atoms with Gasteiger partial charge in [0, 0.05) is 5.57 Å². The number of hydrogen-bond acceptors (Lipinski definition) is 5. The average Bonchev–Trinajstić information content (AvgIpc) is 2.77. The number of carboxylic acid groups (broad SMARTS) is 1. The molecule has 0 radical (unpaired) electrons. The van der Waals surface area contributed by atoms with Crippen molar-refractivity contribution in [3.63, 3.8) is 0 Å². The molecule has 0 bridgehead atoms. The number of aliphatic carboxylic acids is 1. The summed E-state index contributed by atoms with van der Waals surface area (Å²) in [6.07, 6.45) is 4.54. The van der Waals surface area contributed by atoms with E-state index in [0.29, 0.717) is 22.5 Å². The second-order valence-corrected chi connectivity index (χ2v) is 5.87. The fourth-order valence-electron chi connectivity index (χ4n) is 2.34. The molecule has 1 aromatic carbocycles. The first kappa shape index (κ1) is 15.0. The lowest BCUT2D eigenvalue weighted by molar-refractivity contribution is -0.137. The molecule has 0 unspecified atom stereocenters. The van der Waals surface area contributed by atoms with Crippen LogP contribution in [0.15, 0.2) is 35.1 Å². The maximum atomic E-state index is 12.1. The molecule has 7 heteroatoms.